The van der Waals surface area contributed by atoms with E-state index in [-0.39, 0.29) is 11.6 Å². The van der Waals surface area contributed by atoms with Crippen molar-refractivity contribution in [2.75, 3.05) is 7.11 Å². The molecule has 0 fully saturated rings. The minimum Gasteiger partial charge on any atom is -0.497 e. The Labute approximate surface area is 176 Å². The number of aromatic amines is 2. The van der Waals surface area contributed by atoms with Gasteiger partial charge in [-0.05, 0) is 48.5 Å². The van der Waals surface area contributed by atoms with E-state index >= 15 is 0 Å². The Morgan fingerprint density at radius 1 is 1.00 bits per heavy atom. The molecule has 0 aliphatic heterocycles. The number of hydrogen-bond donors (Lipinski definition) is 3. The number of para-hydroxylation sites is 1. The second-order valence-electron chi connectivity index (χ2n) is 6.92. The van der Waals surface area contributed by atoms with Crippen LogP contribution in [0.3, 0.4) is 0 Å². The van der Waals surface area contributed by atoms with E-state index in [4.69, 9.17) is 4.74 Å². The monoisotopic (exact) mass is 411 g/mol. The molecule has 5 rings (SSSR count). The van der Waals surface area contributed by atoms with Crippen molar-refractivity contribution < 1.29 is 14.6 Å². The summed E-state index contributed by atoms with van der Waals surface area (Å²) in [6.45, 7) is 0. The van der Waals surface area contributed by atoms with Gasteiger partial charge in [-0.15, -0.1) is 10.2 Å². The number of carbonyl (C=O) groups is 1. The third kappa shape index (κ3) is 3.40. The second kappa shape index (κ2) is 7.42. The molecular weight excluding hydrogens is 394 g/mol. The number of carbonyl (C=O) groups excluding carboxylic acids is 1. The second-order valence-corrected chi connectivity index (χ2v) is 6.92. The Hall–Kier alpha value is -4.46. The first-order valence-electron chi connectivity index (χ1n) is 9.52. The fourth-order valence-electron chi connectivity index (χ4n) is 3.40. The number of fused-ring (bicyclic) bond motifs is 2. The largest absolute Gasteiger partial charge is 0.497 e. The number of nitrogens with one attached hydrogen (secondary N) is 2. The number of ether oxygens (including phenoxy) is 1. The van der Waals surface area contributed by atoms with Crippen LogP contribution in [-0.4, -0.2) is 33.1 Å². The van der Waals surface area contributed by atoms with Gasteiger partial charge in [-0.2, -0.15) is 0 Å². The molecular formula is C23H17N5O3. The molecule has 0 saturated heterocycles. The van der Waals surface area contributed by atoms with Crippen LogP contribution in [-0.2, 0) is 0 Å². The van der Waals surface area contributed by atoms with Gasteiger partial charge in [-0.1, -0.05) is 18.2 Å². The molecule has 5 aromatic rings. The lowest BCUT2D eigenvalue weighted by Crippen LogP contribution is -1.93. The molecule has 2 heterocycles. The third-order valence-electron chi connectivity index (χ3n) is 4.99. The molecule has 3 N–H and O–H groups in total. The van der Waals surface area contributed by atoms with E-state index in [1.807, 2.05) is 42.5 Å². The van der Waals surface area contributed by atoms with Gasteiger partial charge >= 0.3 is 0 Å². The minimum absolute atomic E-state index is 0.133. The van der Waals surface area contributed by atoms with Gasteiger partial charge in [-0.25, -0.2) is 4.98 Å². The quantitative estimate of drug-likeness (QED) is 0.346. The van der Waals surface area contributed by atoms with Gasteiger partial charge in [0.1, 0.15) is 11.6 Å². The predicted octanol–water partition coefficient (Wildman–Crippen LogP) is 5.35. The lowest BCUT2D eigenvalue weighted by molar-refractivity contribution is 0.0995. The van der Waals surface area contributed by atoms with E-state index in [2.05, 4.69) is 25.2 Å². The third-order valence-corrected chi connectivity index (χ3v) is 4.99. The first kappa shape index (κ1) is 18.6. The molecule has 152 valence electrons. The summed E-state index contributed by atoms with van der Waals surface area (Å²) in [6, 6.07) is 19.9. The SMILES string of the molecule is COc1ccc(-c2nc3ccc(C(=O)N=Nc4c(O)[nH]c5ccccc45)cc3[nH]2)cc1. The normalized spacial score (nSPS) is 11.5. The van der Waals surface area contributed by atoms with Crippen LogP contribution in [0.1, 0.15) is 10.4 Å². The Morgan fingerprint density at radius 3 is 2.61 bits per heavy atom. The standard InChI is InChI=1S/C23H17N5O3/c1-31-15-9-6-13(7-10-15)21-24-18-11-8-14(12-19(18)25-21)22(29)28-27-20-16-4-2-3-5-17(16)26-23(20)30/h2-12,26,30H,1H3,(H,24,25). The summed E-state index contributed by atoms with van der Waals surface area (Å²) in [6.07, 6.45) is 0. The van der Waals surface area contributed by atoms with Crippen molar-refractivity contribution in [3.63, 3.8) is 0 Å². The zero-order valence-electron chi connectivity index (χ0n) is 16.5. The number of amides is 1. The average molecular weight is 411 g/mol. The molecule has 2 aromatic heterocycles. The maximum Gasteiger partial charge on any atom is 0.295 e. The summed E-state index contributed by atoms with van der Waals surface area (Å²) in [5.74, 6) is 0.796. The average Bonchev–Trinajstić information content (AvgIpc) is 3.37. The van der Waals surface area contributed by atoms with Crippen LogP contribution in [0, 0.1) is 0 Å². The van der Waals surface area contributed by atoms with Gasteiger partial charge in [0.05, 0.1) is 23.7 Å². The Kier molecular flexibility index (Phi) is 4.44. The summed E-state index contributed by atoms with van der Waals surface area (Å²) in [7, 11) is 1.62. The van der Waals surface area contributed by atoms with E-state index in [9.17, 15) is 9.90 Å². The zero-order valence-corrected chi connectivity index (χ0v) is 16.5. The van der Waals surface area contributed by atoms with Gasteiger partial charge in [-0.3, -0.25) is 4.79 Å². The number of rotatable bonds is 4. The van der Waals surface area contributed by atoms with Crippen LogP contribution < -0.4 is 4.74 Å². The molecule has 0 bridgehead atoms. The molecule has 0 aliphatic carbocycles. The lowest BCUT2D eigenvalue weighted by atomic mass is 10.2. The number of azo groups is 1. The maximum atomic E-state index is 12.6. The molecule has 0 saturated carbocycles. The summed E-state index contributed by atoms with van der Waals surface area (Å²) in [5.41, 5.74) is 3.65. The fourth-order valence-corrected chi connectivity index (χ4v) is 3.40. The molecule has 0 aliphatic rings. The van der Waals surface area contributed by atoms with Crippen molar-refractivity contribution in [3.8, 4) is 23.0 Å². The van der Waals surface area contributed by atoms with E-state index < -0.39 is 5.91 Å². The number of imidazole rings is 1. The van der Waals surface area contributed by atoms with Crippen LogP contribution in [0.15, 0.2) is 77.0 Å². The highest BCUT2D eigenvalue weighted by Crippen LogP contribution is 2.35. The topological polar surface area (TPSA) is 116 Å². The van der Waals surface area contributed by atoms with E-state index in [1.165, 1.54) is 0 Å². The molecule has 1 amide bonds. The highest BCUT2D eigenvalue weighted by Gasteiger charge is 2.13. The van der Waals surface area contributed by atoms with Crippen molar-refractivity contribution in [2.24, 2.45) is 10.2 Å². The molecule has 8 nitrogen and oxygen atoms in total. The number of benzene rings is 3. The molecule has 0 spiro atoms. The first-order chi connectivity index (χ1) is 15.1. The summed E-state index contributed by atoms with van der Waals surface area (Å²) >= 11 is 0. The van der Waals surface area contributed by atoms with Gasteiger partial charge in [0.25, 0.3) is 5.91 Å². The highest BCUT2D eigenvalue weighted by atomic mass is 16.5. The summed E-state index contributed by atoms with van der Waals surface area (Å²) in [5, 5.41) is 18.5. The van der Waals surface area contributed by atoms with Crippen LogP contribution in [0.4, 0.5) is 5.69 Å². The van der Waals surface area contributed by atoms with Crippen molar-refractivity contribution in [2.45, 2.75) is 0 Å². The Balaban J connectivity index is 1.43. The van der Waals surface area contributed by atoms with Crippen molar-refractivity contribution in [3.05, 3.63) is 72.3 Å². The molecule has 0 unspecified atom stereocenters. The predicted molar refractivity (Wildman–Crippen MR) is 117 cm³/mol. The van der Waals surface area contributed by atoms with Crippen molar-refractivity contribution in [1.82, 2.24) is 15.0 Å². The lowest BCUT2D eigenvalue weighted by Gasteiger charge is -2.00. The van der Waals surface area contributed by atoms with Crippen molar-refractivity contribution in [1.29, 1.82) is 0 Å². The number of H-pyrrole nitrogens is 2. The zero-order chi connectivity index (χ0) is 21.4. The molecule has 0 atom stereocenters. The number of hydrogen-bond acceptors (Lipinski definition) is 5. The maximum absolute atomic E-state index is 12.6. The van der Waals surface area contributed by atoms with E-state index in [0.717, 1.165) is 16.8 Å². The van der Waals surface area contributed by atoms with Crippen molar-refractivity contribution >= 4 is 33.5 Å². The van der Waals surface area contributed by atoms with Crippen LogP contribution in [0.2, 0.25) is 0 Å². The fraction of sp³-hybridized carbons (Fsp3) is 0.0435. The van der Waals surface area contributed by atoms with E-state index in [0.29, 0.717) is 27.8 Å². The van der Waals surface area contributed by atoms with Gasteiger partial charge in [0.2, 0.25) is 5.88 Å². The highest BCUT2D eigenvalue weighted by molar-refractivity contribution is 5.99. The number of aromatic nitrogens is 3. The van der Waals surface area contributed by atoms with Gasteiger partial charge < -0.3 is 19.8 Å². The number of nitrogens with zero attached hydrogens (tertiary/aromatic N) is 3. The molecule has 8 heteroatoms. The smallest absolute Gasteiger partial charge is 0.295 e. The number of methoxy groups -OCH3 is 1. The summed E-state index contributed by atoms with van der Waals surface area (Å²) in [4.78, 5) is 23.2. The van der Waals surface area contributed by atoms with E-state index in [1.54, 1.807) is 31.4 Å². The molecule has 0 radical (unpaired) electrons. The molecule has 31 heavy (non-hydrogen) atoms. The Bertz CT molecular complexity index is 1450. The molecule has 3 aromatic carbocycles. The minimum atomic E-state index is -0.521. The van der Waals surface area contributed by atoms with Crippen LogP contribution >= 0.6 is 0 Å². The van der Waals surface area contributed by atoms with Gasteiger partial charge in [0, 0.05) is 16.5 Å². The first-order valence-corrected chi connectivity index (χ1v) is 9.52. The van der Waals surface area contributed by atoms with Crippen LogP contribution in [0.25, 0.3) is 33.3 Å². The summed E-state index contributed by atoms with van der Waals surface area (Å²) < 4.78 is 5.18. The Morgan fingerprint density at radius 2 is 1.81 bits per heavy atom. The van der Waals surface area contributed by atoms with Crippen LogP contribution in [0.5, 0.6) is 11.6 Å². The van der Waals surface area contributed by atoms with Gasteiger partial charge in [0.15, 0.2) is 5.69 Å². The number of aromatic hydroxyl groups is 1.